The molecule has 1 atom stereocenters. The number of aromatic nitrogens is 2. The van der Waals surface area contributed by atoms with Gasteiger partial charge in [-0.2, -0.15) is 0 Å². The van der Waals surface area contributed by atoms with E-state index in [-0.39, 0.29) is 18.2 Å². The van der Waals surface area contributed by atoms with Crippen molar-refractivity contribution < 1.29 is 24.2 Å². The predicted octanol–water partition coefficient (Wildman–Crippen LogP) is 1.36. The third kappa shape index (κ3) is 4.99. The molecular formula is C19H18N4O4. The van der Waals surface area contributed by atoms with Gasteiger partial charge < -0.3 is 15.5 Å². The Bertz CT molecular complexity index is 936. The van der Waals surface area contributed by atoms with Gasteiger partial charge in [-0.1, -0.05) is 30.3 Å². The minimum absolute atomic E-state index is 0.00752. The van der Waals surface area contributed by atoms with Crippen LogP contribution in [0.25, 0.3) is 0 Å². The van der Waals surface area contributed by atoms with Gasteiger partial charge in [0.2, 0.25) is 11.8 Å². The summed E-state index contributed by atoms with van der Waals surface area (Å²) in [4.78, 5) is 15.0. The summed E-state index contributed by atoms with van der Waals surface area (Å²) >= 11 is 0. The molecule has 8 nitrogen and oxygen atoms in total. The normalized spacial score (nSPS) is 12.6. The minimum Gasteiger partial charge on any atom is -0.846 e. The Morgan fingerprint density at radius 1 is 1.26 bits per heavy atom. The largest absolute Gasteiger partial charge is 0.846 e. The maximum atomic E-state index is 12.0. The zero-order chi connectivity index (χ0) is 19.2. The maximum absolute atomic E-state index is 12.0. The molecule has 138 valence electrons. The van der Waals surface area contributed by atoms with Crippen LogP contribution in [0.15, 0.2) is 70.3 Å². The van der Waals surface area contributed by atoms with E-state index in [0.29, 0.717) is 11.3 Å². The molecule has 3 aromatic rings. The number of rotatable bonds is 6. The van der Waals surface area contributed by atoms with Crippen molar-refractivity contribution in [2.45, 2.75) is 19.6 Å². The standard InChI is InChI=1S/C19H18N4O4/c1-13(24)14-7-9-16(10-8-14)20-19(26)21-18-12-23(22-27-18)11-17(25)15-5-3-2-4-6-15/h2-10,12,17,25H,11H2,1H3,(H-,20,21,22,24,26). The molecule has 0 spiro atoms. The van der Waals surface area contributed by atoms with Crippen LogP contribution in [0.2, 0.25) is 0 Å². The molecule has 3 rings (SSSR count). The van der Waals surface area contributed by atoms with Crippen LogP contribution in [-0.2, 0) is 6.54 Å². The average molecular weight is 366 g/mol. The summed E-state index contributed by atoms with van der Waals surface area (Å²) in [6.45, 7) is 1.63. The topological polar surface area (TPSA) is 115 Å². The molecule has 0 bridgehead atoms. The Kier molecular flexibility index (Phi) is 5.58. The van der Waals surface area contributed by atoms with Crippen molar-refractivity contribution in [3.63, 3.8) is 0 Å². The molecule has 2 N–H and O–H groups in total. The van der Waals surface area contributed by atoms with Crippen LogP contribution in [-0.4, -0.2) is 22.2 Å². The highest BCUT2D eigenvalue weighted by Gasteiger charge is 2.18. The number of aliphatic imine (C=N–C) groups is 1. The van der Waals surface area contributed by atoms with Gasteiger partial charge in [-0.25, -0.2) is 4.99 Å². The quantitative estimate of drug-likeness (QED) is 0.295. The fourth-order valence-corrected chi connectivity index (χ4v) is 2.40. The van der Waals surface area contributed by atoms with Gasteiger partial charge in [-0.3, -0.25) is 9.32 Å². The van der Waals surface area contributed by atoms with Gasteiger partial charge in [0, 0.05) is 11.3 Å². The molecule has 2 aromatic carbocycles. The molecule has 0 saturated carbocycles. The number of hydrogen-bond donors (Lipinski definition) is 2. The molecular weight excluding hydrogens is 348 g/mol. The number of carbonyl (C=O) groups excluding carboxylic acids is 1. The lowest BCUT2D eigenvalue weighted by Gasteiger charge is -2.12. The van der Waals surface area contributed by atoms with Gasteiger partial charge in [0.05, 0.1) is 6.02 Å². The number of nitrogens with zero attached hydrogens (tertiary/aromatic N) is 3. The lowest BCUT2D eigenvalue weighted by atomic mass is 10.1. The van der Waals surface area contributed by atoms with Crippen LogP contribution in [0.5, 0.6) is 0 Å². The number of carbonyl (C=O) groups is 1. The second-order valence-corrected chi connectivity index (χ2v) is 5.86. The summed E-state index contributed by atoms with van der Waals surface area (Å²) in [6.07, 6.45) is 0.660. The van der Waals surface area contributed by atoms with Gasteiger partial charge in [0.1, 0.15) is 6.10 Å². The zero-order valence-corrected chi connectivity index (χ0v) is 14.6. The van der Waals surface area contributed by atoms with E-state index >= 15 is 0 Å². The molecule has 0 aliphatic heterocycles. The first-order chi connectivity index (χ1) is 13.0. The molecule has 1 heterocycles. The molecule has 0 aliphatic carbocycles. The van der Waals surface area contributed by atoms with Crippen molar-refractivity contribution >= 4 is 23.4 Å². The van der Waals surface area contributed by atoms with Crippen LogP contribution in [0.1, 0.15) is 28.9 Å². The monoisotopic (exact) mass is 366 g/mol. The van der Waals surface area contributed by atoms with Gasteiger partial charge in [0.15, 0.2) is 5.78 Å². The first kappa shape index (κ1) is 18.3. The molecule has 8 heteroatoms. The summed E-state index contributed by atoms with van der Waals surface area (Å²) in [5, 5.41) is 28.5. The van der Waals surface area contributed by atoms with E-state index in [1.807, 2.05) is 18.2 Å². The second-order valence-electron chi connectivity index (χ2n) is 5.86. The number of amidine groups is 1. The molecule has 1 unspecified atom stereocenters. The summed E-state index contributed by atoms with van der Waals surface area (Å²) in [6, 6.07) is 15.0. The lowest BCUT2D eigenvalue weighted by Crippen LogP contribution is -2.37. The van der Waals surface area contributed by atoms with Crippen molar-refractivity contribution in [1.82, 2.24) is 5.27 Å². The molecule has 0 radical (unpaired) electrons. The van der Waals surface area contributed by atoms with Crippen LogP contribution < -0.4 is 15.1 Å². The summed E-state index contributed by atoms with van der Waals surface area (Å²) in [7, 11) is 0. The minimum atomic E-state index is -0.761. The summed E-state index contributed by atoms with van der Waals surface area (Å²) < 4.78 is 6.36. The molecule has 0 amide bonds. The first-order valence-corrected chi connectivity index (χ1v) is 8.24. The first-order valence-electron chi connectivity index (χ1n) is 8.24. The number of aliphatic hydroxyl groups excluding tert-OH is 1. The van der Waals surface area contributed by atoms with E-state index in [2.05, 4.69) is 15.6 Å². The summed E-state index contributed by atoms with van der Waals surface area (Å²) in [5.74, 6) is -0.0467. The molecule has 0 saturated heterocycles. The fraction of sp³-hybridized carbons (Fsp3) is 0.158. The van der Waals surface area contributed by atoms with Crippen LogP contribution in [0, 0.1) is 0 Å². The smallest absolute Gasteiger partial charge is 0.322 e. The van der Waals surface area contributed by atoms with Crippen molar-refractivity contribution in [3.8, 4) is 0 Å². The van der Waals surface area contributed by atoms with E-state index < -0.39 is 12.1 Å². The maximum Gasteiger partial charge on any atom is 0.322 e. The van der Waals surface area contributed by atoms with Crippen molar-refractivity contribution in [2.75, 3.05) is 5.32 Å². The third-order valence-corrected chi connectivity index (χ3v) is 3.80. The number of nitrogens with one attached hydrogen (secondary N) is 1. The predicted molar refractivity (Wildman–Crippen MR) is 95.3 cm³/mol. The van der Waals surface area contributed by atoms with E-state index in [1.54, 1.807) is 36.4 Å². The Morgan fingerprint density at radius 2 is 1.96 bits per heavy atom. The molecule has 27 heavy (non-hydrogen) atoms. The second kappa shape index (κ2) is 8.24. The van der Waals surface area contributed by atoms with Gasteiger partial charge in [-0.05, 0) is 41.4 Å². The van der Waals surface area contributed by atoms with E-state index in [4.69, 9.17) is 4.52 Å². The Morgan fingerprint density at radius 3 is 2.63 bits per heavy atom. The van der Waals surface area contributed by atoms with Crippen molar-refractivity contribution in [1.29, 1.82) is 0 Å². The van der Waals surface area contributed by atoms with E-state index in [9.17, 15) is 15.0 Å². The van der Waals surface area contributed by atoms with E-state index in [1.165, 1.54) is 17.8 Å². The van der Waals surface area contributed by atoms with Gasteiger partial charge in [0.25, 0.3) is 6.20 Å². The molecule has 0 fully saturated rings. The zero-order valence-electron chi connectivity index (χ0n) is 14.6. The number of anilines is 1. The van der Waals surface area contributed by atoms with Gasteiger partial charge in [-0.15, -0.1) is 0 Å². The highest BCUT2D eigenvalue weighted by atomic mass is 16.5. The number of ketones is 1. The van der Waals surface area contributed by atoms with Crippen molar-refractivity contribution in [2.24, 2.45) is 4.99 Å². The Balaban J connectivity index is 1.62. The average Bonchev–Trinajstić information content (AvgIpc) is 3.09. The highest BCUT2D eigenvalue weighted by molar-refractivity contribution is 5.95. The van der Waals surface area contributed by atoms with E-state index in [0.717, 1.165) is 5.56 Å². The Labute approximate surface area is 155 Å². The van der Waals surface area contributed by atoms with Gasteiger partial charge >= 0.3 is 5.88 Å². The molecule has 1 aromatic heterocycles. The third-order valence-electron chi connectivity index (χ3n) is 3.80. The molecule has 0 aliphatic rings. The number of benzene rings is 2. The van der Waals surface area contributed by atoms with Crippen molar-refractivity contribution in [3.05, 3.63) is 71.9 Å². The number of hydrogen-bond acceptors (Lipinski definition) is 6. The Hall–Kier alpha value is -3.52. The van der Waals surface area contributed by atoms with Crippen LogP contribution in [0.4, 0.5) is 11.6 Å². The highest BCUT2D eigenvalue weighted by Crippen LogP contribution is 2.14. The lowest BCUT2D eigenvalue weighted by molar-refractivity contribution is -0.768. The van der Waals surface area contributed by atoms with Crippen LogP contribution >= 0.6 is 0 Å². The fourth-order valence-electron chi connectivity index (χ4n) is 2.40. The SMILES string of the molecule is CC(=O)c1ccc(NC([O-])=Nc2c[n+](CC(O)c3ccccc3)no2)cc1. The summed E-state index contributed by atoms with van der Waals surface area (Å²) in [5.41, 5.74) is 1.80. The van der Waals surface area contributed by atoms with Crippen LogP contribution in [0.3, 0.4) is 0 Å². The number of Topliss-reactive ketones (excluding diaryl/α,β-unsaturated/α-hetero) is 1. The number of aliphatic hydroxyl groups is 1.